The van der Waals surface area contributed by atoms with Crippen LogP contribution in [0.4, 0.5) is 0 Å². The zero-order chi connectivity index (χ0) is 12.7. The minimum absolute atomic E-state index is 0.284. The average molecular weight is 233 g/mol. The summed E-state index contributed by atoms with van der Waals surface area (Å²) in [5.74, 6) is 0. The van der Waals surface area contributed by atoms with E-state index in [1.807, 2.05) is 23.2 Å². The van der Waals surface area contributed by atoms with Crippen LogP contribution in [0.15, 0.2) is 36.6 Å². The molecule has 2 heterocycles. The Hall–Kier alpha value is -0.995. The highest BCUT2D eigenvalue weighted by molar-refractivity contribution is 6.42. The molecule has 92 valence electrons. The van der Waals surface area contributed by atoms with Gasteiger partial charge in [-0.25, -0.2) is 0 Å². The zero-order valence-corrected chi connectivity index (χ0v) is 11.1. The Bertz CT molecular complexity index is 369. The highest BCUT2D eigenvalue weighted by atomic mass is 16.7. The van der Waals surface area contributed by atoms with Crippen LogP contribution in [0, 0.1) is 0 Å². The molecule has 0 aromatic heterocycles. The summed E-state index contributed by atoms with van der Waals surface area (Å²) in [6.45, 7) is 12.8. The van der Waals surface area contributed by atoms with Crippen molar-refractivity contribution in [2.45, 2.75) is 38.9 Å². The first-order valence-electron chi connectivity index (χ1n) is 5.98. The molecule has 0 atom stereocenters. The maximum atomic E-state index is 5.97. The minimum Gasteiger partial charge on any atom is -0.384 e. The van der Waals surface area contributed by atoms with E-state index in [1.54, 1.807) is 0 Å². The summed E-state index contributed by atoms with van der Waals surface area (Å²) in [5.41, 5.74) is 0.569. The molecule has 0 aromatic rings. The highest BCUT2D eigenvalue weighted by Gasteiger charge is 2.53. The van der Waals surface area contributed by atoms with Crippen LogP contribution in [0.2, 0.25) is 0 Å². The third kappa shape index (κ3) is 2.19. The van der Waals surface area contributed by atoms with Gasteiger partial charge in [0.05, 0.1) is 11.2 Å². The first-order chi connectivity index (χ1) is 7.86. The van der Waals surface area contributed by atoms with E-state index in [0.29, 0.717) is 0 Å². The molecular formula is C13H20BNO2. The summed E-state index contributed by atoms with van der Waals surface area (Å²) in [6, 6.07) is 0. The molecule has 1 fully saturated rings. The van der Waals surface area contributed by atoms with E-state index < -0.39 is 0 Å². The lowest BCUT2D eigenvalue weighted by Gasteiger charge is -2.32. The lowest BCUT2D eigenvalue weighted by molar-refractivity contribution is 0.00578. The fraction of sp³-hybridized carbons (Fsp3) is 0.538. The standard InChI is InChI=1S/C13H20BNO2/c1-6-11-7-9-15(10-8-11)14-16-12(2,3)13(4,5)17-14/h6-9H,1,10H2,2-5H3. The number of hydrogen-bond acceptors (Lipinski definition) is 3. The van der Waals surface area contributed by atoms with Crippen LogP contribution in [0.5, 0.6) is 0 Å². The van der Waals surface area contributed by atoms with E-state index in [-0.39, 0.29) is 18.5 Å². The van der Waals surface area contributed by atoms with Crippen molar-refractivity contribution < 1.29 is 9.31 Å². The quantitative estimate of drug-likeness (QED) is 0.684. The maximum absolute atomic E-state index is 5.97. The molecule has 0 N–H and O–H groups in total. The normalized spacial score (nSPS) is 26.0. The fourth-order valence-corrected chi connectivity index (χ4v) is 1.78. The maximum Gasteiger partial charge on any atom is 0.593 e. The van der Waals surface area contributed by atoms with Crippen molar-refractivity contribution in [2.24, 2.45) is 0 Å². The van der Waals surface area contributed by atoms with E-state index in [1.165, 1.54) is 0 Å². The molecule has 0 amide bonds. The Morgan fingerprint density at radius 1 is 1.29 bits per heavy atom. The molecule has 1 saturated heterocycles. The molecule has 0 unspecified atom stereocenters. The van der Waals surface area contributed by atoms with Crippen molar-refractivity contribution in [3.63, 3.8) is 0 Å². The molecule has 0 aliphatic carbocycles. The van der Waals surface area contributed by atoms with Crippen LogP contribution in [-0.2, 0) is 9.31 Å². The molecule has 17 heavy (non-hydrogen) atoms. The van der Waals surface area contributed by atoms with Gasteiger partial charge in [0.15, 0.2) is 0 Å². The molecule has 3 nitrogen and oxygen atoms in total. The minimum atomic E-state index is -0.307. The first kappa shape index (κ1) is 12.5. The largest absolute Gasteiger partial charge is 0.593 e. The highest BCUT2D eigenvalue weighted by Crippen LogP contribution is 2.37. The van der Waals surface area contributed by atoms with E-state index in [0.717, 1.165) is 12.1 Å². The van der Waals surface area contributed by atoms with Crippen LogP contribution in [-0.4, -0.2) is 29.8 Å². The topological polar surface area (TPSA) is 21.7 Å². The molecule has 2 aliphatic rings. The summed E-state index contributed by atoms with van der Waals surface area (Å²) >= 11 is 0. The predicted octanol–water partition coefficient (Wildman–Crippen LogP) is 2.52. The van der Waals surface area contributed by atoms with Crippen molar-refractivity contribution in [3.8, 4) is 0 Å². The average Bonchev–Trinajstić information content (AvgIpc) is 2.48. The van der Waals surface area contributed by atoms with E-state index in [2.05, 4.69) is 40.3 Å². The van der Waals surface area contributed by atoms with Gasteiger partial charge in [-0.05, 0) is 45.5 Å². The van der Waals surface area contributed by atoms with Crippen LogP contribution in [0.25, 0.3) is 0 Å². The molecule has 0 saturated carbocycles. The third-order valence-corrected chi connectivity index (χ3v) is 3.74. The summed E-state index contributed by atoms with van der Waals surface area (Å²) in [6.07, 6.45) is 7.97. The molecule has 0 radical (unpaired) electrons. The second kappa shape index (κ2) is 4.04. The van der Waals surface area contributed by atoms with Gasteiger partial charge in [0.25, 0.3) is 0 Å². The Morgan fingerprint density at radius 3 is 2.29 bits per heavy atom. The van der Waals surface area contributed by atoms with Gasteiger partial charge in [-0.2, -0.15) is 0 Å². The van der Waals surface area contributed by atoms with Crippen LogP contribution in [0.3, 0.4) is 0 Å². The molecule has 4 heteroatoms. The summed E-state index contributed by atoms with van der Waals surface area (Å²) in [7, 11) is -0.307. The smallest absolute Gasteiger partial charge is 0.384 e. The van der Waals surface area contributed by atoms with Gasteiger partial charge in [-0.3, -0.25) is 0 Å². The molecule has 0 aromatic carbocycles. The number of allylic oxidation sites excluding steroid dienone is 3. The van der Waals surface area contributed by atoms with Crippen LogP contribution >= 0.6 is 0 Å². The first-order valence-corrected chi connectivity index (χ1v) is 5.98. The van der Waals surface area contributed by atoms with Gasteiger partial charge in [0, 0.05) is 6.54 Å². The van der Waals surface area contributed by atoms with E-state index in [4.69, 9.17) is 9.31 Å². The molecule has 0 spiro atoms. The van der Waals surface area contributed by atoms with Crippen molar-refractivity contribution >= 4 is 7.25 Å². The van der Waals surface area contributed by atoms with Crippen LogP contribution < -0.4 is 0 Å². The van der Waals surface area contributed by atoms with Crippen molar-refractivity contribution in [1.82, 2.24) is 4.81 Å². The Kier molecular flexibility index (Phi) is 2.96. The predicted molar refractivity (Wildman–Crippen MR) is 70.2 cm³/mol. The third-order valence-electron chi connectivity index (χ3n) is 3.74. The summed E-state index contributed by atoms with van der Waals surface area (Å²) in [4.78, 5) is 2.05. The molecular weight excluding hydrogens is 213 g/mol. The fourth-order valence-electron chi connectivity index (χ4n) is 1.78. The Morgan fingerprint density at radius 2 is 1.88 bits per heavy atom. The van der Waals surface area contributed by atoms with Crippen molar-refractivity contribution in [2.75, 3.05) is 6.54 Å². The molecule has 2 rings (SSSR count). The van der Waals surface area contributed by atoms with Crippen molar-refractivity contribution in [3.05, 3.63) is 36.6 Å². The van der Waals surface area contributed by atoms with Crippen LogP contribution in [0.1, 0.15) is 27.7 Å². The number of rotatable bonds is 2. The summed E-state index contributed by atoms with van der Waals surface area (Å²) in [5, 5.41) is 0. The zero-order valence-electron chi connectivity index (χ0n) is 11.1. The second-order valence-electron chi connectivity index (χ2n) is 5.48. The van der Waals surface area contributed by atoms with Crippen molar-refractivity contribution in [1.29, 1.82) is 0 Å². The molecule has 0 bridgehead atoms. The van der Waals surface area contributed by atoms with Gasteiger partial charge in [0.1, 0.15) is 0 Å². The SMILES string of the molecule is C=CC1=CCN(B2OC(C)(C)C(C)(C)O2)C=C1. The Labute approximate surface area is 104 Å². The van der Waals surface area contributed by atoms with Gasteiger partial charge >= 0.3 is 7.25 Å². The van der Waals surface area contributed by atoms with E-state index in [9.17, 15) is 0 Å². The van der Waals surface area contributed by atoms with Gasteiger partial charge in [0.2, 0.25) is 0 Å². The van der Waals surface area contributed by atoms with Gasteiger partial charge in [-0.1, -0.05) is 18.7 Å². The number of nitrogens with zero attached hydrogens (tertiary/aromatic N) is 1. The lowest BCUT2D eigenvalue weighted by atomic mass is 9.90. The van der Waals surface area contributed by atoms with Gasteiger partial charge in [-0.15, -0.1) is 0 Å². The second-order valence-corrected chi connectivity index (χ2v) is 5.48. The van der Waals surface area contributed by atoms with E-state index >= 15 is 0 Å². The Balaban J connectivity index is 2.06. The number of hydrogen-bond donors (Lipinski definition) is 0. The molecule has 2 aliphatic heterocycles. The van der Waals surface area contributed by atoms with Gasteiger partial charge < -0.3 is 14.1 Å². The monoisotopic (exact) mass is 233 g/mol. The lowest BCUT2D eigenvalue weighted by Crippen LogP contribution is -2.41. The summed E-state index contributed by atoms with van der Waals surface area (Å²) < 4.78 is 11.9.